The molecular weight excluding hydrogens is 598 g/mol. The van der Waals surface area contributed by atoms with Gasteiger partial charge in [0.1, 0.15) is 10.8 Å². The molecule has 1 fully saturated rings. The van der Waals surface area contributed by atoms with E-state index in [0.717, 1.165) is 36.4 Å². The van der Waals surface area contributed by atoms with Crippen LogP contribution in [0.25, 0.3) is 5.57 Å². The van der Waals surface area contributed by atoms with Crippen LogP contribution in [0.4, 0.5) is 23.1 Å². The summed E-state index contributed by atoms with van der Waals surface area (Å²) in [5, 5.41) is 6.10. The SMILES string of the molecule is Cc1cc(Nc2ncc(Cl)c(Nc3ccccc3S(=O)(=O)C(C)C)n2)c(OC(C)C)cc1C1=C[C@H](C)N(C2COC2)[C@@H](C)C1. The van der Waals surface area contributed by atoms with E-state index >= 15 is 0 Å². The van der Waals surface area contributed by atoms with Crippen LogP contribution in [0.3, 0.4) is 0 Å². The van der Waals surface area contributed by atoms with Crippen molar-refractivity contribution in [2.45, 2.75) is 89.3 Å². The molecule has 0 amide bonds. The molecule has 44 heavy (non-hydrogen) atoms. The van der Waals surface area contributed by atoms with Crippen molar-refractivity contribution in [2.75, 3.05) is 23.8 Å². The first-order valence-corrected chi connectivity index (χ1v) is 17.0. The lowest BCUT2D eigenvalue weighted by atomic mass is 9.88. The maximum absolute atomic E-state index is 13.0. The van der Waals surface area contributed by atoms with Gasteiger partial charge in [-0.3, -0.25) is 4.90 Å². The number of aryl methyl sites for hydroxylation is 1. The smallest absolute Gasteiger partial charge is 0.229 e. The van der Waals surface area contributed by atoms with Crippen LogP contribution in [0.15, 0.2) is 53.6 Å². The van der Waals surface area contributed by atoms with Gasteiger partial charge in [0.15, 0.2) is 15.7 Å². The van der Waals surface area contributed by atoms with Gasteiger partial charge in [-0.1, -0.05) is 29.8 Å². The summed E-state index contributed by atoms with van der Waals surface area (Å²) in [6, 6.07) is 12.1. The molecule has 0 spiro atoms. The number of rotatable bonds is 10. The minimum atomic E-state index is -3.54. The molecule has 0 unspecified atom stereocenters. The number of nitrogens with one attached hydrogen (secondary N) is 2. The van der Waals surface area contributed by atoms with Crippen LogP contribution in [-0.4, -0.2) is 66.0 Å². The van der Waals surface area contributed by atoms with Crippen LogP contribution in [0, 0.1) is 6.92 Å². The molecule has 2 aliphatic heterocycles. The predicted octanol–water partition coefficient (Wildman–Crippen LogP) is 7.16. The Kier molecular flexibility index (Phi) is 9.55. The number of nitrogens with zero attached hydrogens (tertiary/aromatic N) is 3. The molecule has 11 heteroatoms. The number of anilines is 4. The molecule has 0 bridgehead atoms. The minimum Gasteiger partial charge on any atom is -0.489 e. The lowest BCUT2D eigenvalue weighted by Crippen LogP contribution is -2.56. The number of sulfone groups is 1. The summed E-state index contributed by atoms with van der Waals surface area (Å²) in [6.07, 6.45) is 4.74. The van der Waals surface area contributed by atoms with E-state index in [4.69, 9.17) is 21.1 Å². The average Bonchev–Trinajstić information content (AvgIpc) is 2.92. The van der Waals surface area contributed by atoms with Crippen LogP contribution >= 0.6 is 11.6 Å². The highest BCUT2D eigenvalue weighted by Crippen LogP contribution is 2.39. The zero-order chi connectivity index (χ0) is 31.8. The Bertz CT molecular complexity index is 1660. The lowest BCUT2D eigenvalue weighted by molar-refractivity contribution is -0.0857. The first-order chi connectivity index (χ1) is 20.8. The van der Waals surface area contributed by atoms with Gasteiger partial charge in [-0.05, 0) is 95.9 Å². The van der Waals surface area contributed by atoms with Gasteiger partial charge in [0.2, 0.25) is 5.95 Å². The topological polar surface area (TPSA) is 106 Å². The highest BCUT2D eigenvalue weighted by atomic mass is 35.5. The van der Waals surface area contributed by atoms with Crippen molar-refractivity contribution < 1.29 is 17.9 Å². The van der Waals surface area contributed by atoms with Crippen molar-refractivity contribution in [1.29, 1.82) is 0 Å². The molecule has 9 nitrogen and oxygen atoms in total. The fourth-order valence-electron chi connectivity index (χ4n) is 5.88. The molecule has 1 aromatic heterocycles. The highest BCUT2D eigenvalue weighted by Gasteiger charge is 2.35. The third-order valence-electron chi connectivity index (χ3n) is 8.07. The molecule has 1 saturated heterocycles. The number of para-hydroxylation sites is 1. The van der Waals surface area contributed by atoms with Gasteiger partial charge in [-0.25, -0.2) is 13.4 Å². The Morgan fingerprint density at radius 2 is 1.80 bits per heavy atom. The Morgan fingerprint density at radius 3 is 2.43 bits per heavy atom. The van der Waals surface area contributed by atoms with Gasteiger partial charge in [0, 0.05) is 12.1 Å². The number of hydrogen-bond acceptors (Lipinski definition) is 9. The second kappa shape index (κ2) is 13.0. The number of ether oxygens (including phenoxy) is 2. The summed E-state index contributed by atoms with van der Waals surface area (Å²) < 4.78 is 37.7. The van der Waals surface area contributed by atoms with Gasteiger partial charge >= 0.3 is 0 Å². The summed E-state index contributed by atoms with van der Waals surface area (Å²) in [6.45, 7) is 15.6. The summed E-state index contributed by atoms with van der Waals surface area (Å²) in [4.78, 5) is 11.8. The molecule has 3 heterocycles. The van der Waals surface area contributed by atoms with E-state index in [0.29, 0.717) is 35.5 Å². The first-order valence-electron chi connectivity index (χ1n) is 15.1. The van der Waals surface area contributed by atoms with E-state index in [1.54, 1.807) is 38.1 Å². The van der Waals surface area contributed by atoms with Crippen molar-refractivity contribution in [1.82, 2.24) is 14.9 Å². The van der Waals surface area contributed by atoms with Crippen molar-refractivity contribution in [3.8, 4) is 5.75 Å². The molecule has 2 atom stereocenters. The monoisotopic (exact) mass is 639 g/mol. The fraction of sp³-hybridized carbons (Fsp3) is 0.455. The molecular formula is C33H42ClN5O4S. The third-order valence-corrected chi connectivity index (χ3v) is 10.6. The Balaban J connectivity index is 1.45. The first kappa shape index (κ1) is 32.2. The molecule has 2 aliphatic rings. The summed E-state index contributed by atoms with van der Waals surface area (Å²) in [5.74, 6) is 1.27. The average molecular weight is 640 g/mol. The third kappa shape index (κ3) is 6.73. The number of aromatic nitrogens is 2. The molecule has 236 valence electrons. The number of hydrogen-bond donors (Lipinski definition) is 2. The van der Waals surface area contributed by atoms with Crippen LogP contribution < -0.4 is 15.4 Å². The molecule has 0 aliphatic carbocycles. The second-order valence-electron chi connectivity index (χ2n) is 12.2. The molecule has 0 saturated carbocycles. The van der Waals surface area contributed by atoms with Crippen molar-refractivity contribution in [2.24, 2.45) is 0 Å². The predicted molar refractivity (Wildman–Crippen MR) is 177 cm³/mol. The van der Waals surface area contributed by atoms with Gasteiger partial charge < -0.3 is 20.1 Å². The van der Waals surface area contributed by atoms with Gasteiger partial charge in [-0.2, -0.15) is 4.98 Å². The standard InChI is InChI=1S/C33H42ClN5O4S/c1-19(2)43-30-15-26(24-13-22(6)39(23(7)14-24)25-17-42-18-25)21(5)12-29(30)37-33-35-16-27(34)32(38-33)36-28-10-8-9-11-31(28)44(40,41)20(3)4/h8-13,15-16,19-20,22-23,25H,14,17-18H2,1-7H3,(H2,35,36,37,38)/t22-,23-/m0/s1. The minimum absolute atomic E-state index is 0.0545. The summed E-state index contributed by atoms with van der Waals surface area (Å²) >= 11 is 6.47. The zero-order valence-corrected chi connectivity index (χ0v) is 28.0. The van der Waals surface area contributed by atoms with Gasteiger partial charge in [0.25, 0.3) is 0 Å². The molecule has 0 radical (unpaired) electrons. The van der Waals surface area contributed by atoms with Crippen LogP contribution in [0.1, 0.15) is 59.1 Å². The Hall–Kier alpha value is -3.18. The maximum atomic E-state index is 13.0. The van der Waals surface area contributed by atoms with E-state index in [1.807, 2.05) is 13.8 Å². The van der Waals surface area contributed by atoms with Crippen LogP contribution in [-0.2, 0) is 14.6 Å². The largest absolute Gasteiger partial charge is 0.489 e. The zero-order valence-electron chi connectivity index (χ0n) is 26.4. The van der Waals surface area contributed by atoms with E-state index < -0.39 is 15.1 Å². The Morgan fingerprint density at radius 1 is 1.07 bits per heavy atom. The number of halogens is 1. The van der Waals surface area contributed by atoms with E-state index in [9.17, 15) is 8.42 Å². The van der Waals surface area contributed by atoms with E-state index in [2.05, 4.69) is 64.5 Å². The molecule has 2 aromatic carbocycles. The lowest BCUT2D eigenvalue weighted by Gasteiger charge is -2.46. The maximum Gasteiger partial charge on any atom is 0.229 e. The molecule has 5 rings (SSSR count). The summed E-state index contributed by atoms with van der Waals surface area (Å²) in [5.41, 5.74) is 4.70. The van der Waals surface area contributed by atoms with Crippen LogP contribution in [0.5, 0.6) is 5.75 Å². The molecule has 3 aromatic rings. The highest BCUT2D eigenvalue weighted by molar-refractivity contribution is 7.92. The fourth-order valence-corrected chi connectivity index (χ4v) is 7.22. The van der Waals surface area contributed by atoms with E-state index in [-0.39, 0.29) is 21.8 Å². The second-order valence-corrected chi connectivity index (χ2v) is 15.1. The molecule has 2 N–H and O–H groups in total. The van der Waals surface area contributed by atoms with Crippen molar-refractivity contribution >= 4 is 50.2 Å². The summed E-state index contributed by atoms with van der Waals surface area (Å²) in [7, 11) is -3.54. The quantitative estimate of drug-likeness (QED) is 0.239. The normalized spacial score (nSPS) is 19.5. The number of benzene rings is 2. The van der Waals surface area contributed by atoms with Gasteiger partial charge in [-0.15, -0.1) is 0 Å². The van der Waals surface area contributed by atoms with Crippen molar-refractivity contribution in [3.05, 3.63) is 64.8 Å². The van der Waals surface area contributed by atoms with Crippen LogP contribution in [0.2, 0.25) is 5.02 Å². The van der Waals surface area contributed by atoms with E-state index in [1.165, 1.54) is 11.8 Å². The Labute approximate surface area is 266 Å². The van der Waals surface area contributed by atoms with Crippen molar-refractivity contribution in [3.63, 3.8) is 0 Å². The van der Waals surface area contributed by atoms with Gasteiger partial charge in [0.05, 0.1) is 53.1 Å².